The third kappa shape index (κ3) is 2.81. The second-order valence-corrected chi connectivity index (χ2v) is 6.65. The number of nitrogens with zero attached hydrogens (tertiary/aromatic N) is 1. The molecule has 106 valence electrons. The van der Waals surface area contributed by atoms with Crippen molar-refractivity contribution in [3.8, 4) is 0 Å². The highest BCUT2D eigenvalue weighted by Crippen LogP contribution is 2.54. The second kappa shape index (κ2) is 4.64. The first-order chi connectivity index (χ1) is 8.83. The van der Waals surface area contributed by atoms with Crippen molar-refractivity contribution in [2.24, 2.45) is 4.99 Å². The lowest BCUT2D eigenvalue weighted by molar-refractivity contribution is 0.0430. The number of aliphatic imine (C=N–C) groups is 1. The van der Waals surface area contributed by atoms with Crippen molar-refractivity contribution in [3.63, 3.8) is 0 Å². The van der Waals surface area contributed by atoms with Crippen LogP contribution in [0.4, 0.5) is 4.79 Å². The van der Waals surface area contributed by atoms with Gasteiger partial charge in [0.25, 0.3) is 0 Å². The predicted octanol–water partition coefficient (Wildman–Crippen LogP) is 2.69. The lowest BCUT2D eigenvalue weighted by atomic mass is 9.86. The zero-order chi connectivity index (χ0) is 14.1. The zero-order valence-corrected chi connectivity index (χ0v) is 11.9. The molecule has 0 spiro atoms. The highest BCUT2D eigenvalue weighted by Gasteiger charge is 2.61. The summed E-state index contributed by atoms with van der Waals surface area (Å²) in [5, 5.41) is 3.00. The van der Waals surface area contributed by atoms with E-state index in [-0.39, 0.29) is 0 Å². The summed E-state index contributed by atoms with van der Waals surface area (Å²) >= 11 is 0. The van der Waals surface area contributed by atoms with Gasteiger partial charge in [-0.05, 0) is 46.5 Å². The van der Waals surface area contributed by atoms with Crippen LogP contribution in [0.2, 0.25) is 0 Å². The molecule has 2 rings (SSSR count). The minimum Gasteiger partial charge on any atom is -0.444 e. The third-order valence-electron chi connectivity index (χ3n) is 4.07. The van der Waals surface area contributed by atoms with E-state index in [1.165, 1.54) is 0 Å². The first kappa shape index (κ1) is 14.1. The van der Waals surface area contributed by atoms with Crippen LogP contribution in [-0.2, 0) is 9.53 Å². The Morgan fingerprint density at radius 3 is 2.21 bits per heavy atom. The number of rotatable bonds is 3. The molecule has 5 heteroatoms. The standard InChI is InChI=1S/C14H22N2O3/c1-12(2,3)19-11(18)16-14(6-4-5-7-14)13(8-9-13)15-10-17/h4-9H2,1-3H3,(H,16,18). The number of carbonyl (C=O) groups excluding carboxylic acids is 2. The summed E-state index contributed by atoms with van der Waals surface area (Å²) in [4.78, 5) is 26.7. The van der Waals surface area contributed by atoms with Crippen molar-refractivity contribution in [3.05, 3.63) is 0 Å². The van der Waals surface area contributed by atoms with Crippen LogP contribution in [0.1, 0.15) is 59.3 Å². The van der Waals surface area contributed by atoms with Crippen molar-refractivity contribution in [1.29, 1.82) is 0 Å². The number of hydrogen-bond donors (Lipinski definition) is 1. The van der Waals surface area contributed by atoms with Gasteiger partial charge >= 0.3 is 6.09 Å². The number of nitrogens with one attached hydrogen (secondary N) is 1. The van der Waals surface area contributed by atoms with E-state index in [0.717, 1.165) is 38.5 Å². The number of hydrogen-bond acceptors (Lipinski definition) is 4. The lowest BCUT2D eigenvalue weighted by Crippen LogP contribution is -2.56. The van der Waals surface area contributed by atoms with E-state index < -0.39 is 22.8 Å². The number of ether oxygens (including phenoxy) is 1. The quantitative estimate of drug-likeness (QED) is 0.630. The molecule has 2 fully saturated rings. The van der Waals surface area contributed by atoms with Gasteiger partial charge in [-0.1, -0.05) is 12.8 Å². The Morgan fingerprint density at radius 2 is 1.79 bits per heavy atom. The van der Waals surface area contributed by atoms with Crippen molar-refractivity contribution >= 4 is 12.2 Å². The third-order valence-corrected chi connectivity index (χ3v) is 4.07. The minimum absolute atomic E-state index is 0.410. The number of isocyanates is 1. The minimum atomic E-state index is -0.519. The fourth-order valence-corrected chi connectivity index (χ4v) is 3.09. The summed E-state index contributed by atoms with van der Waals surface area (Å²) < 4.78 is 5.34. The smallest absolute Gasteiger partial charge is 0.408 e. The normalized spacial score (nSPS) is 23.3. The van der Waals surface area contributed by atoms with Gasteiger partial charge in [0.15, 0.2) is 0 Å². The highest BCUT2D eigenvalue weighted by atomic mass is 16.6. The summed E-state index contributed by atoms with van der Waals surface area (Å²) in [5.74, 6) is 0. The Kier molecular flexibility index (Phi) is 3.43. The fourth-order valence-electron chi connectivity index (χ4n) is 3.09. The maximum absolute atomic E-state index is 12.0. The lowest BCUT2D eigenvalue weighted by Gasteiger charge is -2.36. The number of alkyl carbamates (subject to hydrolysis) is 1. The second-order valence-electron chi connectivity index (χ2n) is 6.65. The molecule has 0 saturated heterocycles. The van der Waals surface area contributed by atoms with E-state index in [0.29, 0.717) is 0 Å². The molecule has 2 saturated carbocycles. The molecule has 1 N–H and O–H groups in total. The monoisotopic (exact) mass is 266 g/mol. The fraction of sp³-hybridized carbons (Fsp3) is 0.857. The average molecular weight is 266 g/mol. The SMILES string of the molecule is CC(C)(C)OC(=O)NC1(C2(N=C=O)CC2)CCCC1. The van der Waals surface area contributed by atoms with Gasteiger partial charge < -0.3 is 10.1 Å². The Morgan fingerprint density at radius 1 is 1.21 bits per heavy atom. The number of carbonyl (C=O) groups is 1. The molecule has 5 nitrogen and oxygen atoms in total. The predicted molar refractivity (Wildman–Crippen MR) is 70.7 cm³/mol. The summed E-state index contributed by atoms with van der Waals surface area (Å²) in [6, 6.07) is 0. The molecule has 1 amide bonds. The van der Waals surface area contributed by atoms with Gasteiger partial charge in [0.2, 0.25) is 6.08 Å². The van der Waals surface area contributed by atoms with Gasteiger partial charge in [-0.2, -0.15) is 4.99 Å². The average Bonchev–Trinajstić information content (AvgIpc) is 2.89. The van der Waals surface area contributed by atoms with E-state index in [1.54, 1.807) is 6.08 Å². The Hall–Kier alpha value is -1.35. The summed E-state index contributed by atoms with van der Waals surface area (Å²) in [6.45, 7) is 5.51. The molecule has 0 atom stereocenters. The van der Waals surface area contributed by atoms with Crippen LogP contribution in [0.25, 0.3) is 0 Å². The van der Waals surface area contributed by atoms with Crippen molar-refractivity contribution in [2.45, 2.75) is 76.0 Å². The topological polar surface area (TPSA) is 67.8 Å². The first-order valence-electron chi connectivity index (χ1n) is 6.93. The van der Waals surface area contributed by atoms with E-state index >= 15 is 0 Å². The molecule has 2 aliphatic carbocycles. The van der Waals surface area contributed by atoms with E-state index in [1.807, 2.05) is 20.8 Å². The Bertz CT molecular complexity index is 409. The summed E-state index contributed by atoms with van der Waals surface area (Å²) in [5.41, 5.74) is -1.36. The summed E-state index contributed by atoms with van der Waals surface area (Å²) in [7, 11) is 0. The highest BCUT2D eigenvalue weighted by molar-refractivity contribution is 5.69. The van der Waals surface area contributed by atoms with Crippen molar-refractivity contribution < 1.29 is 14.3 Å². The largest absolute Gasteiger partial charge is 0.444 e. The van der Waals surface area contributed by atoms with Crippen molar-refractivity contribution in [1.82, 2.24) is 5.32 Å². The molecule has 0 radical (unpaired) electrons. The molecular weight excluding hydrogens is 244 g/mol. The van der Waals surface area contributed by atoms with Gasteiger partial charge in [-0.25, -0.2) is 9.59 Å². The molecule has 0 aromatic carbocycles. The zero-order valence-electron chi connectivity index (χ0n) is 11.9. The molecule has 0 aromatic rings. The van der Waals surface area contributed by atoms with Gasteiger partial charge in [0.05, 0.1) is 11.1 Å². The molecule has 0 aliphatic heterocycles. The van der Waals surface area contributed by atoms with Crippen LogP contribution < -0.4 is 5.32 Å². The van der Waals surface area contributed by atoms with Gasteiger partial charge in [-0.15, -0.1) is 0 Å². The van der Waals surface area contributed by atoms with Gasteiger partial charge in [0, 0.05) is 0 Å². The van der Waals surface area contributed by atoms with E-state index in [9.17, 15) is 9.59 Å². The molecule has 2 aliphatic rings. The van der Waals surface area contributed by atoms with Crippen LogP contribution in [0.15, 0.2) is 4.99 Å². The molecular formula is C14H22N2O3. The van der Waals surface area contributed by atoms with Crippen LogP contribution in [0.3, 0.4) is 0 Å². The van der Waals surface area contributed by atoms with Gasteiger partial charge in [0.1, 0.15) is 5.60 Å². The van der Waals surface area contributed by atoms with Crippen LogP contribution in [-0.4, -0.2) is 28.9 Å². The summed E-state index contributed by atoms with van der Waals surface area (Å²) in [6.07, 6.45) is 6.76. The molecule has 19 heavy (non-hydrogen) atoms. The molecule has 0 aromatic heterocycles. The Balaban J connectivity index is 2.13. The van der Waals surface area contributed by atoms with Gasteiger partial charge in [-0.3, -0.25) is 0 Å². The van der Waals surface area contributed by atoms with Crippen LogP contribution in [0, 0.1) is 0 Å². The maximum Gasteiger partial charge on any atom is 0.408 e. The first-order valence-corrected chi connectivity index (χ1v) is 6.93. The maximum atomic E-state index is 12.0. The number of amides is 1. The van der Waals surface area contributed by atoms with E-state index in [2.05, 4.69) is 10.3 Å². The molecule has 0 bridgehead atoms. The van der Waals surface area contributed by atoms with E-state index in [4.69, 9.17) is 4.74 Å². The molecule has 0 unspecified atom stereocenters. The Labute approximate surface area is 113 Å². The molecule has 0 heterocycles. The van der Waals surface area contributed by atoms with Crippen molar-refractivity contribution in [2.75, 3.05) is 0 Å². The van der Waals surface area contributed by atoms with Crippen LogP contribution >= 0.6 is 0 Å². The van der Waals surface area contributed by atoms with Crippen LogP contribution in [0.5, 0.6) is 0 Å².